The monoisotopic (exact) mass is 358 g/mol. The van der Waals surface area contributed by atoms with E-state index in [1.807, 2.05) is 12.1 Å². The van der Waals surface area contributed by atoms with Gasteiger partial charge in [0.25, 0.3) is 5.91 Å². The quantitative estimate of drug-likeness (QED) is 0.882. The topological polar surface area (TPSA) is 58.6 Å². The lowest BCUT2D eigenvalue weighted by molar-refractivity contribution is -0.119. The van der Waals surface area contributed by atoms with Gasteiger partial charge in [-0.25, -0.2) is 0 Å². The third kappa shape index (κ3) is 4.73. The molecule has 2 amide bonds. The van der Waals surface area contributed by atoms with E-state index in [1.165, 1.54) is 0 Å². The zero-order valence-electron chi connectivity index (χ0n) is 13.7. The van der Waals surface area contributed by atoms with Crippen molar-refractivity contribution < 1.29 is 14.3 Å². The lowest BCUT2D eigenvalue weighted by Crippen LogP contribution is -2.35. The average Bonchev–Trinajstić information content (AvgIpc) is 2.62. The summed E-state index contributed by atoms with van der Waals surface area (Å²) in [5, 5.41) is 3.39. The highest BCUT2D eigenvalue weighted by atomic mass is 35.5. The van der Waals surface area contributed by atoms with Crippen LogP contribution < -0.4 is 15.0 Å². The van der Waals surface area contributed by atoms with Crippen LogP contribution in [0.1, 0.15) is 19.3 Å². The minimum absolute atomic E-state index is 0.0893. The van der Waals surface area contributed by atoms with Crippen molar-refractivity contribution in [2.24, 2.45) is 0 Å². The summed E-state index contributed by atoms with van der Waals surface area (Å²) in [5.41, 5.74) is 1.53. The summed E-state index contributed by atoms with van der Waals surface area (Å²) in [4.78, 5) is 25.7. The zero-order valence-corrected chi connectivity index (χ0v) is 14.5. The number of carbonyl (C=O) groups excluding carboxylic acids is 2. The molecular weight excluding hydrogens is 340 g/mol. The highest BCUT2D eigenvalue weighted by Gasteiger charge is 2.19. The molecule has 0 aliphatic carbocycles. The molecule has 3 rings (SSSR count). The van der Waals surface area contributed by atoms with Gasteiger partial charge < -0.3 is 15.0 Å². The Morgan fingerprint density at radius 1 is 1.08 bits per heavy atom. The lowest BCUT2D eigenvalue weighted by Gasteiger charge is -2.26. The van der Waals surface area contributed by atoms with Crippen LogP contribution in [0.4, 0.5) is 11.4 Å². The Bertz CT molecular complexity index is 744. The van der Waals surface area contributed by atoms with Gasteiger partial charge in [0.05, 0.1) is 0 Å². The normalized spacial score (nSPS) is 14.3. The summed E-state index contributed by atoms with van der Waals surface area (Å²) in [6, 6.07) is 14.1. The molecule has 0 aromatic heterocycles. The number of hydrogen-bond acceptors (Lipinski definition) is 3. The Morgan fingerprint density at radius 3 is 2.48 bits per heavy atom. The number of hydrogen-bond donors (Lipinski definition) is 1. The highest BCUT2D eigenvalue weighted by Crippen LogP contribution is 2.22. The molecule has 5 nitrogen and oxygen atoms in total. The molecule has 130 valence electrons. The van der Waals surface area contributed by atoms with Gasteiger partial charge in [0.15, 0.2) is 6.61 Å². The first-order valence-corrected chi connectivity index (χ1v) is 8.58. The van der Waals surface area contributed by atoms with Gasteiger partial charge in [-0.2, -0.15) is 0 Å². The molecule has 1 N–H and O–H groups in total. The number of nitrogens with zero attached hydrogens (tertiary/aromatic N) is 1. The van der Waals surface area contributed by atoms with E-state index in [-0.39, 0.29) is 18.4 Å². The van der Waals surface area contributed by atoms with Crippen LogP contribution in [0.5, 0.6) is 5.75 Å². The van der Waals surface area contributed by atoms with Crippen molar-refractivity contribution in [1.29, 1.82) is 0 Å². The second kappa shape index (κ2) is 8.03. The molecule has 0 saturated carbocycles. The van der Waals surface area contributed by atoms with Crippen LogP contribution in [0.2, 0.25) is 5.02 Å². The van der Waals surface area contributed by atoms with Crippen molar-refractivity contribution in [1.82, 2.24) is 0 Å². The maximum absolute atomic E-state index is 12.0. The average molecular weight is 359 g/mol. The predicted molar refractivity (Wildman–Crippen MR) is 98.2 cm³/mol. The molecule has 6 heteroatoms. The Morgan fingerprint density at radius 2 is 1.80 bits per heavy atom. The van der Waals surface area contributed by atoms with Crippen LogP contribution in [-0.4, -0.2) is 25.0 Å². The fourth-order valence-corrected chi connectivity index (χ4v) is 2.81. The van der Waals surface area contributed by atoms with Gasteiger partial charge in [-0.3, -0.25) is 9.59 Å². The number of carbonyl (C=O) groups is 2. The predicted octanol–water partition coefficient (Wildman–Crippen LogP) is 3.87. The molecule has 1 heterocycles. The second-order valence-electron chi connectivity index (χ2n) is 5.84. The largest absolute Gasteiger partial charge is 0.484 e. The summed E-state index contributed by atoms with van der Waals surface area (Å²) in [6.45, 7) is 0.660. The van der Waals surface area contributed by atoms with E-state index in [2.05, 4.69) is 5.32 Å². The van der Waals surface area contributed by atoms with Crippen molar-refractivity contribution in [2.75, 3.05) is 23.4 Å². The number of amides is 2. The molecule has 1 aliphatic rings. The van der Waals surface area contributed by atoms with E-state index < -0.39 is 0 Å². The summed E-state index contributed by atoms with van der Waals surface area (Å²) in [6.07, 6.45) is 2.57. The van der Waals surface area contributed by atoms with Crippen LogP contribution in [-0.2, 0) is 9.59 Å². The lowest BCUT2D eigenvalue weighted by atomic mass is 10.1. The van der Waals surface area contributed by atoms with Crippen molar-refractivity contribution in [3.8, 4) is 5.75 Å². The summed E-state index contributed by atoms with van der Waals surface area (Å²) in [7, 11) is 0. The van der Waals surface area contributed by atoms with Gasteiger partial charge in [-0.15, -0.1) is 0 Å². The smallest absolute Gasteiger partial charge is 0.262 e. The molecule has 1 aliphatic heterocycles. The first-order chi connectivity index (χ1) is 12.1. The maximum Gasteiger partial charge on any atom is 0.262 e. The van der Waals surface area contributed by atoms with E-state index in [0.29, 0.717) is 22.9 Å². The SMILES string of the molecule is O=C(COc1ccc(Cl)cc1)Nc1ccc(N2CCCCC2=O)cc1. The third-order valence-corrected chi connectivity index (χ3v) is 4.22. The number of rotatable bonds is 5. The second-order valence-corrected chi connectivity index (χ2v) is 6.28. The van der Waals surface area contributed by atoms with Crippen molar-refractivity contribution in [3.63, 3.8) is 0 Å². The number of nitrogens with one attached hydrogen (secondary N) is 1. The van der Waals surface area contributed by atoms with Gasteiger partial charge in [-0.05, 0) is 61.4 Å². The number of benzene rings is 2. The molecular formula is C19H19ClN2O3. The fourth-order valence-electron chi connectivity index (χ4n) is 2.68. The van der Waals surface area contributed by atoms with Crippen LogP contribution in [0, 0.1) is 0 Å². The number of ether oxygens (including phenoxy) is 1. The van der Waals surface area contributed by atoms with Gasteiger partial charge in [0.1, 0.15) is 5.75 Å². The molecule has 1 fully saturated rings. The minimum atomic E-state index is -0.253. The zero-order chi connectivity index (χ0) is 17.6. The van der Waals surface area contributed by atoms with Gasteiger partial charge in [0.2, 0.25) is 5.91 Å². The first-order valence-electron chi connectivity index (χ1n) is 8.20. The Hall–Kier alpha value is -2.53. The molecule has 0 atom stereocenters. The fraction of sp³-hybridized carbons (Fsp3) is 0.263. The maximum atomic E-state index is 12.0. The van der Waals surface area contributed by atoms with E-state index >= 15 is 0 Å². The molecule has 1 saturated heterocycles. The van der Waals surface area contributed by atoms with Crippen LogP contribution in [0.3, 0.4) is 0 Å². The molecule has 2 aromatic rings. The Labute approximate surface area is 151 Å². The van der Waals surface area contributed by atoms with Crippen LogP contribution >= 0.6 is 11.6 Å². The highest BCUT2D eigenvalue weighted by molar-refractivity contribution is 6.30. The molecule has 0 radical (unpaired) electrons. The molecule has 25 heavy (non-hydrogen) atoms. The van der Waals surface area contributed by atoms with Crippen LogP contribution in [0.15, 0.2) is 48.5 Å². The standard InChI is InChI=1S/C19H19ClN2O3/c20-14-4-10-17(11-5-14)25-13-18(23)21-15-6-8-16(9-7-15)22-12-2-1-3-19(22)24/h4-11H,1-3,12-13H2,(H,21,23). The molecule has 0 unspecified atom stereocenters. The van der Waals surface area contributed by atoms with Gasteiger partial charge in [0, 0.05) is 29.4 Å². The summed E-state index contributed by atoms with van der Waals surface area (Å²) < 4.78 is 5.40. The first kappa shape index (κ1) is 17.3. The van der Waals surface area contributed by atoms with E-state index in [0.717, 1.165) is 25.1 Å². The summed E-state index contributed by atoms with van der Waals surface area (Å²) in [5.74, 6) is 0.481. The Kier molecular flexibility index (Phi) is 5.56. The van der Waals surface area contributed by atoms with E-state index in [1.54, 1.807) is 41.3 Å². The van der Waals surface area contributed by atoms with E-state index in [4.69, 9.17) is 16.3 Å². The molecule has 0 bridgehead atoms. The van der Waals surface area contributed by atoms with Gasteiger partial charge >= 0.3 is 0 Å². The minimum Gasteiger partial charge on any atom is -0.484 e. The number of piperidine rings is 1. The van der Waals surface area contributed by atoms with Crippen molar-refractivity contribution in [3.05, 3.63) is 53.6 Å². The molecule has 2 aromatic carbocycles. The number of anilines is 2. The Balaban J connectivity index is 1.53. The summed E-state index contributed by atoms with van der Waals surface area (Å²) >= 11 is 5.80. The third-order valence-electron chi connectivity index (χ3n) is 3.97. The van der Waals surface area contributed by atoms with Crippen molar-refractivity contribution >= 4 is 34.8 Å². The van der Waals surface area contributed by atoms with Crippen LogP contribution in [0.25, 0.3) is 0 Å². The van der Waals surface area contributed by atoms with Gasteiger partial charge in [-0.1, -0.05) is 11.6 Å². The van der Waals surface area contributed by atoms with Crippen molar-refractivity contribution in [2.45, 2.75) is 19.3 Å². The number of halogens is 1. The van der Waals surface area contributed by atoms with E-state index in [9.17, 15) is 9.59 Å². The molecule has 0 spiro atoms.